The Kier molecular flexibility index (Phi) is 7.74. The second kappa shape index (κ2) is 6.85. The smallest absolute Gasteiger partial charge is 0.294 e. The Morgan fingerprint density at radius 3 is 1.64 bits per heavy atom. The topological polar surface area (TPSA) is 90.2 Å². The Morgan fingerprint density at radius 1 is 1.36 bits per heavy atom. The van der Waals surface area contributed by atoms with Gasteiger partial charge in [-0.15, -0.1) is 0 Å². The van der Waals surface area contributed by atoms with Gasteiger partial charge < -0.3 is 16.0 Å². The van der Waals surface area contributed by atoms with Gasteiger partial charge in [0.05, 0.1) is 14.1 Å². The van der Waals surface area contributed by atoms with Gasteiger partial charge in [0.15, 0.2) is 0 Å². The van der Waals surface area contributed by atoms with Gasteiger partial charge in [-0.25, -0.2) is 5.41 Å². The molecule has 6 nitrogen and oxygen atoms in total. The van der Waals surface area contributed by atoms with Gasteiger partial charge in [0, 0.05) is 14.1 Å². The summed E-state index contributed by atoms with van der Waals surface area (Å²) in [6, 6.07) is 0. The highest BCUT2D eigenvalue weighted by Gasteiger charge is 2.03. The van der Waals surface area contributed by atoms with Crippen molar-refractivity contribution >= 4 is 5.96 Å². The Labute approximate surface area is 66.3 Å². The molecule has 0 spiro atoms. The fourth-order valence-electron chi connectivity index (χ4n) is 0.447. The second-order valence-electron chi connectivity index (χ2n) is 2.33. The lowest BCUT2D eigenvalue weighted by atomic mass is 10.7. The summed E-state index contributed by atoms with van der Waals surface area (Å²) in [6.45, 7) is 0. The highest BCUT2D eigenvalue weighted by atomic mass is 15.3. The van der Waals surface area contributed by atoms with Crippen molar-refractivity contribution in [2.24, 2.45) is 0 Å². The van der Waals surface area contributed by atoms with E-state index in [1.807, 2.05) is 28.2 Å². The van der Waals surface area contributed by atoms with Gasteiger partial charge in [-0.05, 0) is 0 Å². The molecule has 0 aliphatic rings. The Morgan fingerprint density at radius 2 is 1.64 bits per heavy atom. The van der Waals surface area contributed by atoms with E-state index >= 15 is 0 Å². The first-order valence-corrected chi connectivity index (χ1v) is 3.02. The van der Waals surface area contributed by atoms with Crippen LogP contribution >= 0.6 is 0 Å². The van der Waals surface area contributed by atoms with Crippen LogP contribution in [0.3, 0.4) is 0 Å². The van der Waals surface area contributed by atoms with E-state index in [0.717, 1.165) is 4.90 Å². The van der Waals surface area contributed by atoms with Crippen LogP contribution in [0.5, 0.6) is 0 Å². The summed E-state index contributed by atoms with van der Waals surface area (Å²) in [7, 11) is 7.61. The Balaban J connectivity index is 0. The van der Waals surface area contributed by atoms with Gasteiger partial charge in [0.2, 0.25) is 0 Å². The van der Waals surface area contributed by atoms with Crippen LogP contribution in [0.25, 0.3) is 16.0 Å². The van der Waals surface area contributed by atoms with Crippen LogP contribution in [-0.4, -0.2) is 39.1 Å². The molecule has 0 aromatic heterocycles. The third kappa shape index (κ3) is 8.74. The largest absolute Gasteiger partial charge is 0.373 e. The zero-order valence-corrected chi connectivity index (χ0v) is 7.29. The van der Waals surface area contributed by atoms with Gasteiger partial charge >= 0.3 is 0 Å². The minimum Gasteiger partial charge on any atom is -0.373 e. The third-order valence-corrected chi connectivity index (χ3v) is 0.921. The van der Waals surface area contributed by atoms with Crippen molar-refractivity contribution in [2.45, 2.75) is 0 Å². The zero-order valence-electron chi connectivity index (χ0n) is 7.29. The number of quaternary nitrogens is 1. The highest BCUT2D eigenvalue weighted by molar-refractivity contribution is 5.66. The molecule has 0 amide bonds. The first-order valence-electron chi connectivity index (χ1n) is 3.02. The maximum Gasteiger partial charge on any atom is 0.294 e. The van der Waals surface area contributed by atoms with Crippen molar-refractivity contribution < 1.29 is 4.90 Å². The van der Waals surface area contributed by atoms with E-state index in [9.17, 15) is 0 Å². The summed E-state index contributed by atoms with van der Waals surface area (Å²) < 4.78 is 0. The van der Waals surface area contributed by atoms with Crippen LogP contribution in [-0.2, 0) is 0 Å². The average Bonchev–Trinajstić information content (AvgIpc) is 1.87. The molecule has 0 aromatic rings. The summed E-state index contributed by atoms with van der Waals surface area (Å²) in [6.07, 6.45) is 0. The van der Waals surface area contributed by atoms with Crippen molar-refractivity contribution in [2.75, 3.05) is 28.2 Å². The monoisotopic (exact) mass is 158 g/mol. The molecule has 0 aliphatic carbocycles. The number of guanidine groups is 1. The van der Waals surface area contributed by atoms with E-state index in [1.54, 1.807) is 4.90 Å². The SMILES string of the molecule is CN(C)C(=N)[NH+](C)C.[N-]=[N+]=[N-]. The van der Waals surface area contributed by atoms with Crippen LogP contribution in [0.1, 0.15) is 0 Å². The molecule has 64 valence electrons. The second-order valence-corrected chi connectivity index (χ2v) is 2.33. The summed E-state index contributed by atoms with van der Waals surface area (Å²) >= 11 is 0. The van der Waals surface area contributed by atoms with Gasteiger partial charge in [-0.3, -0.25) is 9.81 Å². The molecular formula is C5H14N6. The molecular weight excluding hydrogens is 144 g/mol. The van der Waals surface area contributed by atoms with E-state index in [-0.39, 0.29) is 0 Å². The first kappa shape index (κ1) is 12.4. The molecule has 0 bridgehead atoms. The number of hydrogen-bond acceptors (Lipinski definition) is 1. The van der Waals surface area contributed by atoms with Crippen molar-refractivity contribution in [3.8, 4) is 0 Å². The fourth-order valence-corrected chi connectivity index (χ4v) is 0.447. The molecule has 0 saturated heterocycles. The Bertz CT molecular complexity index is 133. The molecule has 0 atom stereocenters. The van der Waals surface area contributed by atoms with Gasteiger partial charge in [-0.2, -0.15) is 0 Å². The molecule has 0 radical (unpaired) electrons. The summed E-state index contributed by atoms with van der Waals surface area (Å²) in [5.74, 6) is 0.602. The third-order valence-electron chi connectivity index (χ3n) is 0.921. The number of nitrogens with zero attached hydrogens (tertiary/aromatic N) is 4. The molecule has 0 rings (SSSR count). The Hall–Kier alpha value is -1.26. The molecule has 0 saturated carbocycles. The normalized spacial score (nSPS) is 7.73. The number of rotatable bonds is 0. The standard InChI is InChI=1S/C5H13N3.N3/c1-7(2)5(6)8(3)4;1-3-2/h6H,1-4H3;/q;-1/p+1. The quantitative estimate of drug-likeness (QED) is 0.161. The predicted octanol–water partition coefficient (Wildman–Crippen LogP) is -0.507. The number of hydrogen-bond donors (Lipinski definition) is 2. The molecule has 0 heterocycles. The molecule has 0 aromatic carbocycles. The lowest BCUT2D eigenvalue weighted by molar-refractivity contribution is -0.765. The van der Waals surface area contributed by atoms with Crippen molar-refractivity contribution in [3.63, 3.8) is 0 Å². The summed E-state index contributed by atoms with van der Waals surface area (Å²) in [5.41, 5.74) is 13.5. The minimum atomic E-state index is 0.602. The van der Waals surface area contributed by atoms with Gasteiger partial charge in [-0.1, -0.05) is 0 Å². The van der Waals surface area contributed by atoms with Crippen molar-refractivity contribution in [3.05, 3.63) is 16.0 Å². The average molecular weight is 158 g/mol. The number of nitrogens with one attached hydrogen (secondary N) is 2. The van der Waals surface area contributed by atoms with E-state index in [4.69, 9.17) is 16.5 Å². The van der Waals surface area contributed by atoms with Gasteiger partial charge in [0.25, 0.3) is 5.96 Å². The molecule has 0 aliphatic heterocycles. The van der Waals surface area contributed by atoms with Crippen LogP contribution in [0, 0.1) is 5.41 Å². The molecule has 2 N–H and O–H groups in total. The molecule has 0 fully saturated rings. The first-order chi connectivity index (χ1) is 4.97. The van der Waals surface area contributed by atoms with Crippen LogP contribution in [0.15, 0.2) is 0 Å². The van der Waals surface area contributed by atoms with E-state index in [2.05, 4.69) is 0 Å². The van der Waals surface area contributed by atoms with E-state index < -0.39 is 0 Å². The molecule has 0 unspecified atom stereocenters. The molecule has 6 heteroatoms. The summed E-state index contributed by atoms with van der Waals surface area (Å²) in [5, 5.41) is 7.29. The van der Waals surface area contributed by atoms with Crippen molar-refractivity contribution in [1.82, 2.24) is 4.90 Å². The van der Waals surface area contributed by atoms with Crippen molar-refractivity contribution in [1.29, 1.82) is 5.41 Å². The maximum atomic E-state index is 7.29. The lowest BCUT2D eigenvalue weighted by Gasteiger charge is -2.14. The van der Waals surface area contributed by atoms with Crippen LogP contribution in [0.2, 0.25) is 0 Å². The maximum absolute atomic E-state index is 7.29. The van der Waals surface area contributed by atoms with Crippen LogP contribution in [0.4, 0.5) is 0 Å². The van der Waals surface area contributed by atoms with E-state index in [0.29, 0.717) is 5.96 Å². The van der Waals surface area contributed by atoms with E-state index in [1.165, 1.54) is 4.91 Å². The predicted molar refractivity (Wildman–Crippen MR) is 44.3 cm³/mol. The van der Waals surface area contributed by atoms with Crippen LogP contribution < -0.4 is 4.90 Å². The van der Waals surface area contributed by atoms with Gasteiger partial charge in [0.1, 0.15) is 0 Å². The zero-order chi connectivity index (χ0) is 9.44. The molecule has 11 heavy (non-hydrogen) atoms. The lowest BCUT2D eigenvalue weighted by Crippen LogP contribution is -3.10. The fraction of sp³-hybridized carbons (Fsp3) is 0.800. The minimum absolute atomic E-state index is 0.602. The highest BCUT2D eigenvalue weighted by Crippen LogP contribution is 1.63. The summed E-state index contributed by atoms with van der Waals surface area (Å²) in [4.78, 5) is 4.34.